The summed E-state index contributed by atoms with van der Waals surface area (Å²) in [6.45, 7) is 3.90. The van der Waals surface area contributed by atoms with Crippen LogP contribution in [-0.4, -0.2) is 27.2 Å². The monoisotopic (exact) mass is 271 g/mol. The second kappa shape index (κ2) is 4.19. The zero-order valence-electron chi connectivity index (χ0n) is 11.1. The lowest BCUT2D eigenvalue weighted by Crippen LogP contribution is -2.04. The van der Waals surface area contributed by atoms with E-state index < -0.39 is 5.97 Å². The molecule has 1 aliphatic heterocycles. The van der Waals surface area contributed by atoms with Gasteiger partial charge in [-0.1, -0.05) is 6.07 Å². The van der Waals surface area contributed by atoms with Crippen LogP contribution in [0.15, 0.2) is 12.1 Å². The molecule has 0 atom stereocenters. The van der Waals surface area contributed by atoms with Gasteiger partial charge in [-0.3, -0.25) is 9.89 Å². The summed E-state index contributed by atoms with van der Waals surface area (Å²) in [4.78, 5) is 22.5. The van der Waals surface area contributed by atoms with Gasteiger partial charge in [0.05, 0.1) is 17.8 Å². The maximum Gasteiger partial charge on any atom is 0.353 e. The molecule has 1 aliphatic rings. The van der Waals surface area contributed by atoms with Crippen molar-refractivity contribution in [1.29, 1.82) is 0 Å². The van der Waals surface area contributed by atoms with E-state index in [-0.39, 0.29) is 11.6 Å². The number of carbonyl (C=O) groups is 2. The van der Waals surface area contributed by atoms with Crippen LogP contribution in [0, 0.1) is 13.8 Å². The van der Waals surface area contributed by atoms with E-state index in [0.29, 0.717) is 12.1 Å². The lowest BCUT2D eigenvalue weighted by atomic mass is 9.95. The Morgan fingerprint density at radius 1 is 1.35 bits per heavy atom. The van der Waals surface area contributed by atoms with Gasteiger partial charge in [0.2, 0.25) is 5.91 Å². The number of aromatic amines is 1. The zero-order chi connectivity index (χ0) is 14.4. The third-order valence-electron chi connectivity index (χ3n) is 3.61. The highest BCUT2D eigenvalue weighted by molar-refractivity contribution is 6.04. The van der Waals surface area contributed by atoms with Gasteiger partial charge in [-0.2, -0.15) is 5.10 Å². The fourth-order valence-electron chi connectivity index (χ4n) is 2.51. The van der Waals surface area contributed by atoms with Gasteiger partial charge in [0.1, 0.15) is 5.69 Å². The Labute approximate surface area is 114 Å². The van der Waals surface area contributed by atoms with Crippen molar-refractivity contribution in [3.8, 4) is 11.3 Å². The Hall–Kier alpha value is -2.63. The summed E-state index contributed by atoms with van der Waals surface area (Å²) in [7, 11) is 0. The first-order valence-electron chi connectivity index (χ1n) is 6.19. The number of benzene rings is 1. The zero-order valence-corrected chi connectivity index (χ0v) is 11.1. The fourth-order valence-corrected chi connectivity index (χ4v) is 2.51. The average molecular weight is 271 g/mol. The summed E-state index contributed by atoms with van der Waals surface area (Å²) in [6, 6.07) is 3.46. The molecule has 0 radical (unpaired) electrons. The predicted octanol–water partition coefficient (Wildman–Crippen LogP) is 1.89. The van der Waals surface area contributed by atoms with Gasteiger partial charge in [0.15, 0.2) is 0 Å². The summed E-state index contributed by atoms with van der Waals surface area (Å²) in [5, 5.41) is 18.3. The van der Waals surface area contributed by atoms with Crippen LogP contribution in [0.2, 0.25) is 0 Å². The Bertz CT molecular complexity index is 746. The topological polar surface area (TPSA) is 95.1 Å². The first kappa shape index (κ1) is 12.4. The predicted molar refractivity (Wildman–Crippen MR) is 72.8 cm³/mol. The maximum atomic E-state index is 11.6. The van der Waals surface area contributed by atoms with E-state index in [9.17, 15) is 9.59 Å². The van der Waals surface area contributed by atoms with Crippen molar-refractivity contribution in [3.05, 3.63) is 34.5 Å². The summed E-state index contributed by atoms with van der Waals surface area (Å²) in [6.07, 6.45) is 0.347. The lowest BCUT2D eigenvalue weighted by molar-refractivity contribution is -0.115. The first-order chi connectivity index (χ1) is 9.47. The average Bonchev–Trinajstić information content (AvgIpc) is 2.97. The second-order valence-corrected chi connectivity index (χ2v) is 4.92. The summed E-state index contributed by atoms with van der Waals surface area (Å²) in [5.41, 5.74) is 5.04. The molecule has 3 rings (SSSR count). The Morgan fingerprint density at radius 2 is 2.10 bits per heavy atom. The maximum absolute atomic E-state index is 11.6. The SMILES string of the molecule is Cc1cc2c(c(-c3cc(C(=O)O)[nH]n3)c1C)NC(=O)C2. The molecule has 0 spiro atoms. The van der Waals surface area contributed by atoms with Crippen molar-refractivity contribution in [1.82, 2.24) is 10.2 Å². The summed E-state index contributed by atoms with van der Waals surface area (Å²) >= 11 is 0. The van der Waals surface area contributed by atoms with Crippen LogP contribution < -0.4 is 5.32 Å². The molecule has 2 heterocycles. The summed E-state index contributed by atoms with van der Waals surface area (Å²) < 4.78 is 0. The van der Waals surface area contributed by atoms with Gasteiger partial charge in [-0.25, -0.2) is 4.79 Å². The molecule has 0 bridgehead atoms. The molecule has 1 amide bonds. The van der Waals surface area contributed by atoms with Crippen LogP contribution in [-0.2, 0) is 11.2 Å². The second-order valence-electron chi connectivity index (χ2n) is 4.92. The van der Waals surface area contributed by atoms with Crippen LogP contribution in [0.3, 0.4) is 0 Å². The van der Waals surface area contributed by atoms with Gasteiger partial charge < -0.3 is 10.4 Å². The minimum atomic E-state index is -1.06. The molecule has 1 aromatic heterocycles. The first-order valence-corrected chi connectivity index (χ1v) is 6.19. The van der Waals surface area contributed by atoms with E-state index in [4.69, 9.17) is 5.11 Å². The Kier molecular flexibility index (Phi) is 2.60. The molecular formula is C14H13N3O3. The molecule has 2 aromatic rings. The van der Waals surface area contributed by atoms with E-state index in [0.717, 1.165) is 27.9 Å². The smallest absolute Gasteiger partial charge is 0.353 e. The minimum absolute atomic E-state index is 0.0268. The number of aryl methyl sites for hydroxylation is 1. The molecule has 0 aliphatic carbocycles. The van der Waals surface area contributed by atoms with Crippen molar-refractivity contribution in [2.45, 2.75) is 20.3 Å². The van der Waals surface area contributed by atoms with E-state index in [2.05, 4.69) is 15.5 Å². The number of nitrogens with zero attached hydrogens (tertiary/aromatic N) is 1. The quantitative estimate of drug-likeness (QED) is 0.777. The van der Waals surface area contributed by atoms with Crippen molar-refractivity contribution >= 4 is 17.6 Å². The lowest BCUT2D eigenvalue weighted by Gasteiger charge is -2.12. The van der Waals surface area contributed by atoms with Crippen molar-refractivity contribution in [3.63, 3.8) is 0 Å². The highest BCUT2D eigenvalue weighted by Gasteiger charge is 2.25. The molecular weight excluding hydrogens is 258 g/mol. The molecule has 0 saturated heterocycles. The number of aromatic nitrogens is 2. The normalized spacial score (nSPS) is 13.2. The number of hydrogen-bond donors (Lipinski definition) is 3. The molecule has 6 heteroatoms. The largest absolute Gasteiger partial charge is 0.477 e. The Morgan fingerprint density at radius 3 is 2.75 bits per heavy atom. The van der Waals surface area contributed by atoms with E-state index >= 15 is 0 Å². The van der Waals surface area contributed by atoms with Crippen LogP contribution in [0.4, 0.5) is 5.69 Å². The van der Waals surface area contributed by atoms with Gasteiger partial charge in [-0.05, 0) is 36.6 Å². The van der Waals surface area contributed by atoms with Crippen molar-refractivity contribution < 1.29 is 14.7 Å². The molecule has 0 unspecified atom stereocenters. The van der Waals surface area contributed by atoms with Crippen LogP contribution in [0.1, 0.15) is 27.2 Å². The molecule has 6 nitrogen and oxygen atoms in total. The van der Waals surface area contributed by atoms with Gasteiger partial charge >= 0.3 is 5.97 Å². The highest BCUT2D eigenvalue weighted by Crippen LogP contribution is 2.38. The number of fused-ring (bicyclic) bond motifs is 1. The number of carboxylic acid groups (broad SMARTS) is 1. The van der Waals surface area contributed by atoms with Crippen molar-refractivity contribution in [2.75, 3.05) is 5.32 Å². The number of hydrogen-bond acceptors (Lipinski definition) is 3. The third-order valence-corrected chi connectivity index (χ3v) is 3.61. The molecule has 0 fully saturated rings. The van der Waals surface area contributed by atoms with Gasteiger partial charge in [0.25, 0.3) is 0 Å². The van der Waals surface area contributed by atoms with Gasteiger partial charge in [-0.15, -0.1) is 0 Å². The fraction of sp³-hybridized carbons (Fsp3) is 0.214. The molecule has 3 N–H and O–H groups in total. The number of H-pyrrole nitrogens is 1. The van der Waals surface area contributed by atoms with Crippen LogP contribution in [0.5, 0.6) is 0 Å². The summed E-state index contributed by atoms with van der Waals surface area (Å²) in [5.74, 6) is -1.12. The number of rotatable bonds is 2. The number of carbonyl (C=O) groups excluding carboxylic acids is 1. The van der Waals surface area contributed by atoms with E-state index in [1.165, 1.54) is 6.07 Å². The molecule has 0 saturated carbocycles. The highest BCUT2D eigenvalue weighted by atomic mass is 16.4. The van der Waals surface area contributed by atoms with Crippen LogP contribution >= 0.6 is 0 Å². The van der Waals surface area contributed by atoms with Crippen LogP contribution in [0.25, 0.3) is 11.3 Å². The van der Waals surface area contributed by atoms with Crippen molar-refractivity contribution in [2.24, 2.45) is 0 Å². The standard InChI is InChI=1S/C14H13N3O3/c1-6-3-8-4-11(18)15-13(8)12(7(6)2)9-5-10(14(19)20)17-16-9/h3,5H,4H2,1-2H3,(H,15,18)(H,16,17)(H,19,20). The Balaban J connectivity index is 2.22. The number of carboxylic acids is 1. The number of amides is 1. The molecule has 1 aromatic carbocycles. The molecule has 20 heavy (non-hydrogen) atoms. The minimum Gasteiger partial charge on any atom is -0.477 e. The number of nitrogens with one attached hydrogen (secondary N) is 2. The number of anilines is 1. The number of aromatic carboxylic acids is 1. The van der Waals surface area contributed by atoms with E-state index in [1.807, 2.05) is 19.9 Å². The van der Waals surface area contributed by atoms with Gasteiger partial charge in [0, 0.05) is 5.56 Å². The molecule has 102 valence electrons. The van der Waals surface area contributed by atoms with E-state index in [1.54, 1.807) is 0 Å². The third kappa shape index (κ3) is 1.77.